The van der Waals surface area contributed by atoms with E-state index in [1.807, 2.05) is 12.3 Å². The number of aromatic nitrogens is 5. The van der Waals surface area contributed by atoms with Crippen molar-refractivity contribution in [2.45, 2.75) is 64.7 Å². The van der Waals surface area contributed by atoms with Crippen LogP contribution in [0.1, 0.15) is 65.4 Å². The van der Waals surface area contributed by atoms with Gasteiger partial charge >= 0.3 is 0 Å². The topological polar surface area (TPSA) is 57.2 Å². The van der Waals surface area contributed by atoms with Gasteiger partial charge in [-0.3, -0.25) is 8.97 Å². The highest BCUT2D eigenvalue weighted by atomic mass is 16.5. The van der Waals surface area contributed by atoms with Crippen LogP contribution in [0.2, 0.25) is 0 Å². The quantitative estimate of drug-likeness (QED) is 0.172. The third-order valence-corrected chi connectivity index (χ3v) is 12.0. The Morgan fingerprint density at radius 3 is 2.09 bits per heavy atom. The van der Waals surface area contributed by atoms with Gasteiger partial charge < -0.3 is 4.74 Å². The van der Waals surface area contributed by atoms with Gasteiger partial charge in [0, 0.05) is 55.6 Å². The maximum atomic E-state index is 6.76. The normalized spacial score (nSPS) is 15.0. The molecule has 5 heterocycles. The molecule has 6 heteroatoms. The molecule has 4 aromatic heterocycles. The van der Waals surface area contributed by atoms with Gasteiger partial charge in [-0.1, -0.05) is 115 Å². The maximum Gasteiger partial charge on any atom is 0.234 e. The van der Waals surface area contributed by atoms with Crippen LogP contribution < -0.4 is 4.74 Å². The second kappa shape index (κ2) is 10.8. The minimum atomic E-state index is -0.204. The zero-order valence-corrected chi connectivity index (χ0v) is 31.2. The van der Waals surface area contributed by atoms with Gasteiger partial charge in [-0.25, -0.2) is 15.0 Å². The summed E-state index contributed by atoms with van der Waals surface area (Å²) in [5, 5.41) is 5.73. The molecule has 53 heavy (non-hydrogen) atoms. The van der Waals surface area contributed by atoms with Crippen molar-refractivity contribution in [3.05, 3.63) is 138 Å². The summed E-state index contributed by atoms with van der Waals surface area (Å²) in [5.41, 5.74) is 9.56. The van der Waals surface area contributed by atoms with Crippen LogP contribution in [0, 0.1) is 0 Å². The van der Waals surface area contributed by atoms with E-state index in [1.54, 1.807) is 0 Å². The van der Waals surface area contributed by atoms with Crippen molar-refractivity contribution >= 4 is 49.1 Å². The number of rotatable bonds is 4. The average molecular weight is 692 g/mol. The fourth-order valence-electron chi connectivity index (χ4n) is 8.58. The summed E-state index contributed by atoms with van der Waals surface area (Å²) < 4.78 is 11.4. The molecule has 0 saturated heterocycles. The van der Waals surface area contributed by atoms with Crippen LogP contribution in [-0.4, -0.2) is 23.9 Å². The molecular weight excluding hydrogens is 651 g/mol. The highest BCUT2D eigenvalue weighted by molar-refractivity contribution is 6.14. The molecule has 9 aromatic rings. The molecule has 0 bridgehead atoms. The number of pyridine rings is 1. The molecule has 0 unspecified atom stereocenters. The predicted molar refractivity (Wildman–Crippen MR) is 217 cm³/mol. The van der Waals surface area contributed by atoms with E-state index in [4.69, 9.17) is 19.7 Å². The van der Waals surface area contributed by atoms with Crippen molar-refractivity contribution in [3.63, 3.8) is 0 Å². The van der Waals surface area contributed by atoms with Crippen LogP contribution in [0.15, 0.2) is 121 Å². The SMILES string of the molecule is CC(C)(C)c1ccnc(-n2c3ccccc3c3ccc(Oc4ccc5c(c4)c4nc(-c6ccccc6)c6n4c4c(cccc54)C(C)(C)C6(C)C)cc32)n1. The zero-order valence-electron chi connectivity index (χ0n) is 31.2. The molecule has 0 radical (unpaired) electrons. The molecule has 10 rings (SSSR count). The van der Waals surface area contributed by atoms with Crippen molar-refractivity contribution < 1.29 is 4.74 Å². The second-order valence-corrected chi connectivity index (χ2v) is 16.6. The van der Waals surface area contributed by atoms with Gasteiger partial charge in [0.1, 0.15) is 17.1 Å². The Balaban J connectivity index is 1.18. The molecule has 1 aliphatic rings. The zero-order chi connectivity index (χ0) is 36.4. The molecule has 5 aromatic carbocycles. The van der Waals surface area contributed by atoms with E-state index in [9.17, 15) is 0 Å². The minimum absolute atomic E-state index is 0.110. The summed E-state index contributed by atoms with van der Waals surface area (Å²) in [5.74, 6) is 2.15. The van der Waals surface area contributed by atoms with Gasteiger partial charge in [-0.2, -0.15) is 0 Å². The summed E-state index contributed by atoms with van der Waals surface area (Å²) >= 11 is 0. The van der Waals surface area contributed by atoms with Gasteiger partial charge in [0.2, 0.25) is 5.95 Å². The summed E-state index contributed by atoms with van der Waals surface area (Å²) in [6.07, 6.45) is 1.86. The van der Waals surface area contributed by atoms with E-state index in [1.165, 1.54) is 27.5 Å². The standard InChI is InChI=1S/C47H41N5O/c1-45(2,3)39-24-25-48-44(49-39)51-37-19-12-11-16-32(37)33-23-21-30(27-38(33)51)53-29-20-22-31-34-17-13-18-36-41(34)52-42(47(6,7)46(36,4)5)40(28-14-9-8-10-15-28)50-43(52)35(31)26-29/h8-27H,1-7H3. The third kappa shape index (κ3) is 4.41. The Kier molecular flexibility index (Phi) is 6.44. The number of benzene rings is 5. The smallest absolute Gasteiger partial charge is 0.234 e. The fourth-order valence-corrected chi connectivity index (χ4v) is 8.58. The number of para-hydroxylation sites is 2. The summed E-state index contributed by atoms with van der Waals surface area (Å²) in [6, 6.07) is 40.6. The number of nitrogens with zero attached hydrogens (tertiary/aromatic N) is 5. The number of fused-ring (bicyclic) bond motifs is 6. The van der Waals surface area contributed by atoms with E-state index < -0.39 is 0 Å². The van der Waals surface area contributed by atoms with Crippen molar-refractivity contribution in [2.24, 2.45) is 0 Å². The summed E-state index contributed by atoms with van der Waals surface area (Å²) in [4.78, 5) is 15.3. The lowest BCUT2D eigenvalue weighted by Gasteiger charge is -2.46. The second-order valence-electron chi connectivity index (χ2n) is 16.6. The number of hydrogen-bond acceptors (Lipinski definition) is 4. The average Bonchev–Trinajstić information content (AvgIpc) is 3.72. The fraction of sp³-hybridized carbons (Fsp3) is 0.213. The molecule has 0 fully saturated rings. The lowest BCUT2D eigenvalue weighted by Crippen LogP contribution is -2.44. The lowest BCUT2D eigenvalue weighted by atomic mass is 9.60. The Bertz CT molecular complexity index is 2960. The Labute approximate surface area is 308 Å². The van der Waals surface area contributed by atoms with Crippen LogP contribution in [0.25, 0.3) is 66.3 Å². The van der Waals surface area contributed by atoms with Crippen molar-refractivity contribution in [1.29, 1.82) is 0 Å². The van der Waals surface area contributed by atoms with Crippen LogP contribution in [0.5, 0.6) is 11.5 Å². The van der Waals surface area contributed by atoms with E-state index in [0.29, 0.717) is 5.95 Å². The van der Waals surface area contributed by atoms with Crippen molar-refractivity contribution in [3.8, 4) is 28.7 Å². The first kappa shape index (κ1) is 31.7. The Hall–Kier alpha value is -6.01. The summed E-state index contributed by atoms with van der Waals surface area (Å²) in [6.45, 7) is 16.0. The van der Waals surface area contributed by atoms with Crippen LogP contribution >= 0.6 is 0 Å². The minimum Gasteiger partial charge on any atom is -0.457 e. The van der Waals surface area contributed by atoms with E-state index in [2.05, 4.69) is 167 Å². The highest BCUT2D eigenvalue weighted by Gasteiger charge is 2.48. The molecule has 0 saturated carbocycles. The largest absolute Gasteiger partial charge is 0.457 e. The molecular formula is C47H41N5O. The summed E-state index contributed by atoms with van der Waals surface area (Å²) in [7, 11) is 0. The van der Waals surface area contributed by atoms with E-state index in [-0.39, 0.29) is 16.2 Å². The van der Waals surface area contributed by atoms with Gasteiger partial charge in [-0.05, 0) is 53.4 Å². The molecule has 260 valence electrons. The first-order chi connectivity index (χ1) is 25.4. The Morgan fingerprint density at radius 1 is 0.604 bits per heavy atom. The van der Waals surface area contributed by atoms with Gasteiger partial charge in [-0.15, -0.1) is 0 Å². The predicted octanol–water partition coefficient (Wildman–Crippen LogP) is 11.9. The highest BCUT2D eigenvalue weighted by Crippen LogP contribution is 2.54. The molecule has 0 N–H and O–H groups in total. The monoisotopic (exact) mass is 691 g/mol. The molecule has 6 nitrogen and oxygen atoms in total. The van der Waals surface area contributed by atoms with E-state index >= 15 is 0 Å². The number of imidazole rings is 1. The molecule has 0 atom stereocenters. The van der Waals surface area contributed by atoms with Crippen LogP contribution in [0.4, 0.5) is 0 Å². The first-order valence-corrected chi connectivity index (χ1v) is 18.5. The number of hydrogen-bond donors (Lipinski definition) is 0. The third-order valence-electron chi connectivity index (χ3n) is 12.0. The maximum absolute atomic E-state index is 6.76. The van der Waals surface area contributed by atoms with Crippen molar-refractivity contribution in [1.82, 2.24) is 23.9 Å². The van der Waals surface area contributed by atoms with Gasteiger partial charge in [0.05, 0.1) is 33.6 Å². The number of ether oxygens (including phenoxy) is 1. The Morgan fingerprint density at radius 2 is 1.30 bits per heavy atom. The molecule has 1 aliphatic heterocycles. The molecule has 0 amide bonds. The van der Waals surface area contributed by atoms with Crippen molar-refractivity contribution in [2.75, 3.05) is 0 Å². The van der Waals surface area contributed by atoms with Crippen LogP contribution in [0.3, 0.4) is 0 Å². The molecule has 0 spiro atoms. The first-order valence-electron chi connectivity index (χ1n) is 18.5. The molecule has 0 aliphatic carbocycles. The van der Waals surface area contributed by atoms with Crippen LogP contribution in [-0.2, 0) is 16.2 Å². The van der Waals surface area contributed by atoms with Gasteiger partial charge in [0.25, 0.3) is 0 Å². The van der Waals surface area contributed by atoms with E-state index in [0.717, 1.165) is 61.3 Å². The lowest BCUT2D eigenvalue weighted by molar-refractivity contribution is 0.289. The van der Waals surface area contributed by atoms with Gasteiger partial charge in [0.15, 0.2) is 0 Å².